The van der Waals surface area contributed by atoms with Gasteiger partial charge in [0.25, 0.3) is 5.91 Å². The lowest BCUT2D eigenvalue weighted by atomic mass is 10.1. The number of hydrogen-bond acceptors (Lipinski definition) is 3. The molecule has 1 amide bonds. The molecule has 0 unspecified atom stereocenters. The van der Waals surface area contributed by atoms with Gasteiger partial charge in [0.2, 0.25) is 0 Å². The minimum absolute atomic E-state index is 0.0456. The molecule has 0 bridgehead atoms. The first kappa shape index (κ1) is 23.3. The van der Waals surface area contributed by atoms with Crippen molar-refractivity contribution in [2.45, 2.75) is 20.5 Å². The molecular formula is C25H20I2N2O2. The van der Waals surface area contributed by atoms with Gasteiger partial charge in [-0.3, -0.25) is 4.79 Å². The molecular weight excluding hydrogens is 614 g/mol. The van der Waals surface area contributed by atoms with E-state index in [9.17, 15) is 10.1 Å². The van der Waals surface area contributed by atoms with Crippen LogP contribution < -0.4 is 10.1 Å². The monoisotopic (exact) mass is 634 g/mol. The lowest BCUT2D eigenvalue weighted by molar-refractivity contribution is -0.112. The minimum Gasteiger partial charge on any atom is -0.488 e. The van der Waals surface area contributed by atoms with Crippen LogP contribution in [0.4, 0.5) is 5.69 Å². The van der Waals surface area contributed by atoms with Gasteiger partial charge in [-0.15, -0.1) is 0 Å². The van der Waals surface area contributed by atoms with Crippen LogP contribution in [0.5, 0.6) is 5.75 Å². The van der Waals surface area contributed by atoms with Gasteiger partial charge in [-0.1, -0.05) is 30.3 Å². The average molecular weight is 634 g/mol. The molecule has 0 radical (unpaired) electrons. The van der Waals surface area contributed by atoms with Crippen LogP contribution in [-0.4, -0.2) is 5.91 Å². The second kappa shape index (κ2) is 10.8. The molecule has 0 aliphatic heterocycles. The van der Waals surface area contributed by atoms with Crippen LogP contribution >= 0.6 is 45.2 Å². The molecule has 0 fully saturated rings. The Morgan fingerprint density at radius 3 is 2.48 bits per heavy atom. The molecule has 0 aliphatic carbocycles. The van der Waals surface area contributed by atoms with Gasteiger partial charge in [-0.25, -0.2) is 0 Å². The van der Waals surface area contributed by atoms with Crippen LogP contribution in [0.3, 0.4) is 0 Å². The van der Waals surface area contributed by atoms with Crippen LogP contribution in [0, 0.1) is 32.3 Å². The number of nitriles is 1. The lowest BCUT2D eigenvalue weighted by Gasteiger charge is -2.10. The molecule has 0 spiro atoms. The molecule has 1 N–H and O–H groups in total. The van der Waals surface area contributed by atoms with Gasteiger partial charge >= 0.3 is 0 Å². The van der Waals surface area contributed by atoms with Crippen molar-refractivity contribution < 1.29 is 9.53 Å². The van der Waals surface area contributed by atoms with Crippen LogP contribution in [0.1, 0.15) is 22.3 Å². The molecule has 0 saturated carbocycles. The number of nitrogens with one attached hydrogen (secondary N) is 1. The highest BCUT2D eigenvalue weighted by molar-refractivity contribution is 14.1. The van der Waals surface area contributed by atoms with Gasteiger partial charge in [-0.05, 0) is 118 Å². The number of anilines is 1. The Bertz CT molecular complexity index is 1180. The number of rotatable bonds is 6. The Labute approximate surface area is 209 Å². The molecule has 0 saturated heterocycles. The fraction of sp³-hybridized carbons (Fsp3) is 0.120. The summed E-state index contributed by atoms with van der Waals surface area (Å²) in [7, 11) is 0. The standard InChI is InChI=1S/C25H20I2N2O2/c1-16-3-4-17(2)23(11-16)29-25(30)20(14-28)12-19-7-10-24(22(27)13-19)31-15-18-5-8-21(26)9-6-18/h3-13H,15H2,1-2H3,(H,29,30)/b20-12+. The Kier molecular flexibility index (Phi) is 8.09. The molecule has 6 heteroatoms. The van der Waals surface area contributed by atoms with Crippen molar-refractivity contribution in [2.24, 2.45) is 0 Å². The predicted molar refractivity (Wildman–Crippen MR) is 141 cm³/mol. The number of carbonyl (C=O) groups excluding carboxylic acids is 1. The molecule has 0 atom stereocenters. The van der Waals surface area contributed by atoms with Gasteiger partial charge in [-0.2, -0.15) is 5.26 Å². The summed E-state index contributed by atoms with van der Waals surface area (Å²) in [5.74, 6) is 0.333. The molecule has 0 aliphatic rings. The van der Waals surface area contributed by atoms with E-state index in [0.717, 1.165) is 31.6 Å². The molecule has 3 rings (SSSR count). The highest BCUT2D eigenvalue weighted by Gasteiger charge is 2.12. The summed E-state index contributed by atoms with van der Waals surface area (Å²) >= 11 is 4.47. The number of ether oxygens (including phenoxy) is 1. The maximum absolute atomic E-state index is 12.6. The Hall–Kier alpha value is -2.38. The largest absolute Gasteiger partial charge is 0.488 e. The SMILES string of the molecule is Cc1ccc(C)c(NC(=O)/C(C#N)=C/c2ccc(OCc3ccc(I)cc3)c(I)c2)c1. The van der Waals surface area contributed by atoms with Gasteiger partial charge in [0.15, 0.2) is 0 Å². The van der Waals surface area contributed by atoms with Crippen molar-refractivity contribution in [2.75, 3.05) is 5.32 Å². The zero-order chi connectivity index (χ0) is 22.4. The van der Waals surface area contributed by atoms with Crippen molar-refractivity contribution in [3.63, 3.8) is 0 Å². The summed E-state index contributed by atoms with van der Waals surface area (Å²) in [6, 6.07) is 21.6. The van der Waals surface area contributed by atoms with Crippen LogP contribution in [0.25, 0.3) is 6.08 Å². The average Bonchev–Trinajstić information content (AvgIpc) is 2.75. The molecule has 3 aromatic carbocycles. The number of benzene rings is 3. The number of amides is 1. The Morgan fingerprint density at radius 2 is 1.81 bits per heavy atom. The predicted octanol–water partition coefficient (Wildman–Crippen LogP) is 6.64. The maximum Gasteiger partial charge on any atom is 0.266 e. The van der Waals surface area contributed by atoms with Gasteiger partial charge in [0, 0.05) is 9.26 Å². The van der Waals surface area contributed by atoms with Crippen LogP contribution in [0.15, 0.2) is 66.2 Å². The van der Waals surface area contributed by atoms with Crippen molar-refractivity contribution in [3.8, 4) is 11.8 Å². The van der Waals surface area contributed by atoms with E-state index in [4.69, 9.17) is 4.74 Å². The minimum atomic E-state index is -0.426. The number of hydrogen-bond donors (Lipinski definition) is 1. The van der Waals surface area contributed by atoms with Crippen molar-refractivity contribution in [1.29, 1.82) is 5.26 Å². The zero-order valence-electron chi connectivity index (χ0n) is 17.1. The van der Waals surface area contributed by atoms with E-state index in [-0.39, 0.29) is 5.57 Å². The number of carbonyl (C=O) groups is 1. The first-order valence-corrected chi connectivity index (χ1v) is 11.7. The summed E-state index contributed by atoms with van der Waals surface area (Å²) in [5, 5.41) is 12.3. The fourth-order valence-corrected chi connectivity index (χ4v) is 3.90. The quantitative estimate of drug-likeness (QED) is 0.188. The summed E-state index contributed by atoms with van der Waals surface area (Å²) < 4.78 is 8.01. The fourth-order valence-electron chi connectivity index (χ4n) is 2.84. The molecule has 156 valence electrons. The van der Waals surface area contributed by atoms with Gasteiger partial charge < -0.3 is 10.1 Å². The van der Waals surface area contributed by atoms with E-state index in [1.165, 1.54) is 3.57 Å². The van der Waals surface area contributed by atoms with Crippen LogP contribution in [0.2, 0.25) is 0 Å². The van der Waals surface area contributed by atoms with E-state index < -0.39 is 5.91 Å². The molecule has 4 nitrogen and oxygen atoms in total. The van der Waals surface area contributed by atoms with Gasteiger partial charge in [0.1, 0.15) is 24.0 Å². The second-order valence-electron chi connectivity index (χ2n) is 7.05. The summed E-state index contributed by atoms with van der Waals surface area (Å²) in [4.78, 5) is 12.6. The third-order valence-corrected chi connectivity index (χ3v) is 6.14. The summed E-state index contributed by atoms with van der Waals surface area (Å²) in [6.07, 6.45) is 1.59. The number of aryl methyl sites for hydroxylation is 2. The smallest absolute Gasteiger partial charge is 0.266 e. The first-order chi connectivity index (χ1) is 14.9. The number of halogens is 2. The Balaban J connectivity index is 1.72. The molecule has 0 aromatic heterocycles. The Morgan fingerprint density at radius 1 is 1.06 bits per heavy atom. The van der Waals surface area contributed by atoms with E-state index >= 15 is 0 Å². The van der Waals surface area contributed by atoms with Crippen molar-refractivity contribution in [3.05, 3.63) is 95.6 Å². The molecule has 0 heterocycles. The highest BCUT2D eigenvalue weighted by atomic mass is 127. The van der Waals surface area contributed by atoms with E-state index in [0.29, 0.717) is 12.3 Å². The zero-order valence-corrected chi connectivity index (χ0v) is 21.4. The normalized spacial score (nSPS) is 11.0. The van der Waals surface area contributed by atoms with Crippen molar-refractivity contribution in [1.82, 2.24) is 0 Å². The maximum atomic E-state index is 12.6. The lowest BCUT2D eigenvalue weighted by Crippen LogP contribution is -2.14. The number of nitrogens with zero attached hydrogens (tertiary/aromatic N) is 1. The third kappa shape index (κ3) is 6.55. The second-order valence-corrected chi connectivity index (χ2v) is 9.46. The third-order valence-electron chi connectivity index (χ3n) is 4.58. The molecule has 3 aromatic rings. The van der Waals surface area contributed by atoms with Crippen LogP contribution in [-0.2, 0) is 11.4 Å². The highest BCUT2D eigenvalue weighted by Crippen LogP contribution is 2.25. The topological polar surface area (TPSA) is 62.1 Å². The van der Waals surface area contributed by atoms with E-state index in [1.807, 2.05) is 80.6 Å². The first-order valence-electron chi connectivity index (χ1n) is 9.53. The van der Waals surface area contributed by atoms with E-state index in [1.54, 1.807) is 6.08 Å². The van der Waals surface area contributed by atoms with E-state index in [2.05, 4.69) is 50.5 Å². The summed E-state index contributed by atoms with van der Waals surface area (Å²) in [5.41, 5.74) is 4.59. The van der Waals surface area contributed by atoms with Crippen molar-refractivity contribution >= 4 is 62.9 Å². The summed E-state index contributed by atoms with van der Waals surface area (Å²) in [6.45, 7) is 4.35. The van der Waals surface area contributed by atoms with Gasteiger partial charge in [0.05, 0.1) is 3.57 Å². The molecule has 31 heavy (non-hydrogen) atoms.